The van der Waals surface area contributed by atoms with Crippen LogP contribution in [0.2, 0.25) is 0 Å². The summed E-state index contributed by atoms with van der Waals surface area (Å²) in [6, 6.07) is 7.49. The predicted octanol–water partition coefficient (Wildman–Crippen LogP) is 2.64. The van der Waals surface area contributed by atoms with Crippen molar-refractivity contribution in [2.24, 2.45) is 5.73 Å². The molecule has 1 aromatic rings. The van der Waals surface area contributed by atoms with Gasteiger partial charge in [-0.05, 0) is 17.5 Å². The summed E-state index contributed by atoms with van der Waals surface area (Å²) in [6.45, 7) is 2.61. The predicted molar refractivity (Wildman–Crippen MR) is 76.0 cm³/mol. The Morgan fingerprint density at radius 1 is 1.00 bits per heavy atom. The van der Waals surface area contributed by atoms with Crippen LogP contribution in [0.15, 0.2) is 24.3 Å². The summed E-state index contributed by atoms with van der Waals surface area (Å²) >= 11 is 0. The van der Waals surface area contributed by atoms with Crippen molar-refractivity contribution in [2.75, 3.05) is 5.75 Å². The second kappa shape index (κ2) is 7.54. The number of nitrogens with two attached hydrogens (primary N) is 1. The van der Waals surface area contributed by atoms with Gasteiger partial charge in [0.15, 0.2) is 9.84 Å². The van der Waals surface area contributed by atoms with Crippen LogP contribution in [0.3, 0.4) is 0 Å². The van der Waals surface area contributed by atoms with Gasteiger partial charge in [-0.15, -0.1) is 0 Å². The van der Waals surface area contributed by atoms with Crippen LogP contribution in [0.4, 0.5) is 0 Å². The van der Waals surface area contributed by atoms with Crippen molar-refractivity contribution in [3.05, 3.63) is 35.4 Å². The van der Waals surface area contributed by atoms with E-state index in [9.17, 15) is 8.42 Å². The van der Waals surface area contributed by atoms with Gasteiger partial charge in [0, 0.05) is 6.54 Å². The molecule has 0 radical (unpaired) electrons. The molecule has 0 aromatic heterocycles. The van der Waals surface area contributed by atoms with E-state index in [1.165, 1.54) is 0 Å². The van der Waals surface area contributed by atoms with E-state index in [-0.39, 0.29) is 5.75 Å². The number of hydrogen-bond acceptors (Lipinski definition) is 3. The number of rotatable bonds is 8. The molecule has 0 fully saturated rings. The zero-order chi connectivity index (χ0) is 13.4. The molecule has 3 nitrogen and oxygen atoms in total. The molecule has 0 unspecified atom stereocenters. The first kappa shape index (κ1) is 15.2. The maximum Gasteiger partial charge on any atom is 0.154 e. The molecule has 0 saturated heterocycles. The summed E-state index contributed by atoms with van der Waals surface area (Å²) in [4.78, 5) is 0. The quantitative estimate of drug-likeness (QED) is 0.738. The summed E-state index contributed by atoms with van der Waals surface area (Å²) in [5.41, 5.74) is 7.38. The van der Waals surface area contributed by atoms with E-state index in [1.807, 2.05) is 24.3 Å². The van der Waals surface area contributed by atoms with Gasteiger partial charge < -0.3 is 5.73 Å². The summed E-state index contributed by atoms with van der Waals surface area (Å²) < 4.78 is 23.8. The van der Waals surface area contributed by atoms with Gasteiger partial charge in [-0.1, -0.05) is 50.5 Å². The summed E-state index contributed by atoms with van der Waals surface area (Å²) in [5.74, 6) is 0.440. The molecule has 0 aliphatic carbocycles. The minimum absolute atomic E-state index is 0.143. The molecule has 0 atom stereocenters. The van der Waals surface area contributed by atoms with E-state index in [0.717, 1.165) is 36.8 Å². The van der Waals surface area contributed by atoms with Crippen LogP contribution in [0, 0.1) is 0 Å². The molecule has 0 aliphatic heterocycles. The normalized spacial score (nSPS) is 11.7. The van der Waals surface area contributed by atoms with Crippen molar-refractivity contribution < 1.29 is 8.42 Å². The Morgan fingerprint density at radius 2 is 1.61 bits per heavy atom. The van der Waals surface area contributed by atoms with Crippen LogP contribution in [-0.2, 0) is 22.1 Å². The maximum atomic E-state index is 11.9. The summed E-state index contributed by atoms with van der Waals surface area (Å²) in [7, 11) is -2.97. The Balaban J connectivity index is 2.48. The lowest BCUT2D eigenvalue weighted by Gasteiger charge is -2.05. The fraction of sp³-hybridized carbons (Fsp3) is 0.571. The molecule has 0 bridgehead atoms. The summed E-state index contributed by atoms with van der Waals surface area (Å²) in [6.07, 6.45) is 4.01. The number of sulfone groups is 1. The standard InChI is InChI=1S/C14H23NO2S/c1-2-3-4-5-10-18(16,17)12-14-8-6-13(11-15)7-9-14/h6-9H,2-5,10-12,15H2,1H3. The van der Waals surface area contributed by atoms with Gasteiger partial charge in [0.05, 0.1) is 11.5 Å². The van der Waals surface area contributed by atoms with E-state index in [1.54, 1.807) is 0 Å². The minimum Gasteiger partial charge on any atom is -0.326 e. The largest absolute Gasteiger partial charge is 0.326 e. The molecule has 0 spiro atoms. The van der Waals surface area contributed by atoms with Gasteiger partial charge in [0.25, 0.3) is 0 Å². The SMILES string of the molecule is CCCCCCS(=O)(=O)Cc1ccc(CN)cc1. The highest BCUT2D eigenvalue weighted by Gasteiger charge is 2.11. The zero-order valence-electron chi connectivity index (χ0n) is 11.1. The van der Waals surface area contributed by atoms with Crippen LogP contribution in [0.5, 0.6) is 0 Å². The average molecular weight is 269 g/mol. The smallest absolute Gasteiger partial charge is 0.154 e. The third-order valence-corrected chi connectivity index (χ3v) is 4.64. The molecule has 0 heterocycles. The van der Waals surface area contributed by atoms with E-state index < -0.39 is 9.84 Å². The van der Waals surface area contributed by atoms with Crippen LogP contribution in [-0.4, -0.2) is 14.2 Å². The van der Waals surface area contributed by atoms with Gasteiger partial charge in [0.1, 0.15) is 0 Å². The van der Waals surface area contributed by atoms with E-state index in [4.69, 9.17) is 5.73 Å². The Labute approximate surface area is 110 Å². The minimum atomic E-state index is -2.97. The van der Waals surface area contributed by atoms with Crippen LogP contribution in [0.25, 0.3) is 0 Å². The van der Waals surface area contributed by atoms with Crippen molar-refractivity contribution in [3.63, 3.8) is 0 Å². The Morgan fingerprint density at radius 3 is 2.17 bits per heavy atom. The van der Waals surface area contributed by atoms with Gasteiger partial charge in [-0.2, -0.15) is 0 Å². The first-order chi connectivity index (χ1) is 8.57. The third kappa shape index (κ3) is 5.65. The van der Waals surface area contributed by atoms with Crippen molar-refractivity contribution in [1.82, 2.24) is 0 Å². The molecule has 0 amide bonds. The van der Waals surface area contributed by atoms with Crippen molar-refractivity contribution in [2.45, 2.75) is 44.9 Å². The van der Waals surface area contributed by atoms with Gasteiger partial charge >= 0.3 is 0 Å². The van der Waals surface area contributed by atoms with Gasteiger partial charge in [0.2, 0.25) is 0 Å². The van der Waals surface area contributed by atoms with Crippen molar-refractivity contribution in [3.8, 4) is 0 Å². The maximum absolute atomic E-state index is 11.9. The number of hydrogen-bond donors (Lipinski definition) is 1. The van der Waals surface area contributed by atoms with Crippen LogP contribution >= 0.6 is 0 Å². The first-order valence-corrected chi connectivity index (χ1v) is 8.38. The highest BCUT2D eigenvalue weighted by Crippen LogP contribution is 2.11. The highest BCUT2D eigenvalue weighted by molar-refractivity contribution is 7.90. The molecule has 0 aliphatic rings. The summed E-state index contributed by atoms with van der Waals surface area (Å²) in [5, 5.41) is 0. The van der Waals surface area contributed by atoms with Crippen molar-refractivity contribution in [1.29, 1.82) is 0 Å². The molecule has 102 valence electrons. The molecular weight excluding hydrogens is 246 g/mol. The van der Waals surface area contributed by atoms with E-state index in [2.05, 4.69) is 6.92 Å². The van der Waals surface area contributed by atoms with Gasteiger partial charge in [-0.25, -0.2) is 8.42 Å². The second-order valence-electron chi connectivity index (χ2n) is 4.67. The fourth-order valence-corrected chi connectivity index (χ4v) is 3.34. The monoisotopic (exact) mass is 269 g/mol. The molecule has 2 N–H and O–H groups in total. The third-order valence-electron chi connectivity index (χ3n) is 2.95. The molecule has 1 rings (SSSR count). The van der Waals surface area contributed by atoms with Crippen molar-refractivity contribution >= 4 is 9.84 Å². The molecule has 0 saturated carbocycles. The number of benzene rings is 1. The van der Waals surface area contributed by atoms with Gasteiger partial charge in [-0.3, -0.25) is 0 Å². The topological polar surface area (TPSA) is 60.2 Å². The molecule has 1 aromatic carbocycles. The zero-order valence-corrected chi connectivity index (χ0v) is 11.9. The van der Waals surface area contributed by atoms with E-state index >= 15 is 0 Å². The fourth-order valence-electron chi connectivity index (χ4n) is 1.85. The molecule has 4 heteroatoms. The lowest BCUT2D eigenvalue weighted by molar-refractivity contribution is 0.588. The first-order valence-electron chi connectivity index (χ1n) is 6.55. The van der Waals surface area contributed by atoms with Crippen LogP contribution in [0.1, 0.15) is 43.7 Å². The number of unbranched alkanes of at least 4 members (excludes halogenated alkanes) is 3. The lowest BCUT2D eigenvalue weighted by Crippen LogP contribution is -2.09. The van der Waals surface area contributed by atoms with Crippen LogP contribution < -0.4 is 5.73 Å². The average Bonchev–Trinajstić information content (AvgIpc) is 2.35. The Kier molecular flexibility index (Phi) is 6.36. The molecular formula is C14H23NO2S. The second-order valence-corrected chi connectivity index (χ2v) is 6.86. The highest BCUT2D eigenvalue weighted by atomic mass is 32.2. The lowest BCUT2D eigenvalue weighted by atomic mass is 10.1. The van der Waals surface area contributed by atoms with E-state index in [0.29, 0.717) is 12.3 Å². The Hall–Kier alpha value is -0.870. The Bertz CT molecular complexity index is 437. The molecule has 18 heavy (non-hydrogen) atoms.